The zero-order valence-corrected chi connectivity index (χ0v) is 45.1. The van der Waals surface area contributed by atoms with Gasteiger partial charge in [-0.3, -0.25) is 28.9 Å². The monoisotopic (exact) mass is 1020 g/mol. The Morgan fingerprint density at radius 3 is 2.41 bits per heavy atom. The van der Waals surface area contributed by atoms with Crippen molar-refractivity contribution in [3.63, 3.8) is 0 Å². The quantitative estimate of drug-likeness (QED) is 0.0354. The molecule has 5 atom stereocenters. The molecular weight excluding hydrogens is 948 g/mol. The average Bonchev–Trinajstić information content (AvgIpc) is 3.82. The lowest BCUT2D eigenvalue weighted by molar-refractivity contribution is -0.155. The minimum absolute atomic E-state index is 0.110. The first-order valence-electron chi connectivity index (χ1n) is 24.3. The number of fused-ring (bicyclic) bond motifs is 1. The van der Waals surface area contributed by atoms with Gasteiger partial charge in [0.2, 0.25) is 0 Å². The molecule has 1 aromatic heterocycles. The number of aromatic nitrogens is 1. The number of nitrogens with zero attached hydrogens (tertiary/aromatic N) is 2. The summed E-state index contributed by atoms with van der Waals surface area (Å²) < 4.78 is 31.8. The number of rotatable bonds is 15. The molecule has 0 bridgehead atoms. The highest BCUT2D eigenvalue weighted by Crippen LogP contribution is 2.43. The number of cyclic esters (lactones) is 1. The Hall–Kier alpha value is -4.96. The molecule has 0 radical (unpaired) electrons. The summed E-state index contributed by atoms with van der Waals surface area (Å²) in [5.41, 5.74) is 2.05. The number of esters is 2. The Balaban J connectivity index is 1.32. The molecule has 2 aliphatic heterocycles. The SMILES string of the molecule is C=CC[C@H]1C(=O)C(C)(C)[C@@H](O[Si](C)(C)C(C)(C)C)CC(=O)O[C@H](c2ccc3sc(C)nc3c2)C/C=C(/C)CCC[C@H](C)[C@@H]1OC(=O)OCc1ccc(OC(=O)CCCCCN2C(=O)C=CC2=O)c(Cl)c1. The van der Waals surface area contributed by atoms with Crippen LogP contribution in [0.15, 0.2) is 72.9 Å². The van der Waals surface area contributed by atoms with E-state index in [4.69, 9.17) is 40.0 Å². The van der Waals surface area contributed by atoms with E-state index in [-0.39, 0.29) is 71.7 Å². The fourth-order valence-corrected chi connectivity index (χ4v) is 11.0. The molecule has 0 unspecified atom stereocenters. The van der Waals surface area contributed by atoms with Crippen LogP contribution in [0.1, 0.15) is 135 Å². The second kappa shape index (κ2) is 24.4. The van der Waals surface area contributed by atoms with Gasteiger partial charge in [-0.05, 0) is 112 Å². The highest BCUT2D eigenvalue weighted by molar-refractivity contribution is 7.18. The zero-order chi connectivity index (χ0) is 51.6. The zero-order valence-electron chi connectivity index (χ0n) is 42.5. The van der Waals surface area contributed by atoms with E-state index in [1.54, 1.807) is 37.3 Å². The van der Waals surface area contributed by atoms with Crippen molar-refractivity contribution in [1.29, 1.82) is 0 Å². The van der Waals surface area contributed by atoms with Crippen LogP contribution in [0.4, 0.5) is 4.79 Å². The maximum absolute atomic E-state index is 15.3. The van der Waals surface area contributed by atoms with Crippen LogP contribution in [0.25, 0.3) is 10.2 Å². The molecule has 0 spiro atoms. The highest BCUT2D eigenvalue weighted by Gasteiger charge is 2.50. The minimum atomic E-state index is -2.61. The third-order valence-corrected chi connectivity index (χ3v) is 19.5. The van der Waals surface area contributed by atoms with Crippen molar-refractivity contribution in [2.75, 3.05) is 6.54 Å². The smallest absolute Gasteiger partial charge is 0.457 e. The van der Waals surface area contributed by atoms with Crippen molar-refractivity contribution in [2.24, 2.45) is 17.3 Å². The lowest BCUT2D eigenvalue weighted by Crippen LogP contribution is -2.53. The van der Waals surface area contributed by atoms with E-state index in [0.29, 0.717) is 37.7 Å². The second-order valence-corrected chi connectivity index (χ2v) is 27.1. The molecule has 5 rings (SSSR count). The normalized spacial score (nSPS) is 22.6. The number of ketones is 1. The maximum Gasteiger partial charge on any atom is 0.508 e. The number of carbonyl (C=O) groups excluding carboxylic acids is 6. The van der Waals surface area contributed by atoms with Gasteiger partial charge in [-0.2, -0.15) is 0 Å². The van der Waals surface area contributed by atoms with E-state index < -0.39 is 56.1 Å². The summed E-state index contributed by atoms with van der Waals surface area (Å²) in [6.07, 6.45) is 7.21. The van der Waals surface area contributed by atoms with Gasteiger partial charge in [-0.1, -0.05) is 89.4 Å². The standard InChI is InChI=1S/C54H71ClN2O11SSi/c1-12-17-39-50(67-52(63)64-33-37-22-25-43(40(55)30-37)66-48(60)20-14-13-15-29-57-46(58)27-28-47(57)59)35(3)19-16-18-34(2)21-24-42(38-23-26-44-41(31-38)56-36(4)69-44)65-49(61)32-45(54(8,9)51(39)62)68-70(10,11)53(5,6)7/h12,21-23,25-28,30-31,35,39,42,45,50H,1,13-20,24,29,32-33H2,2-11H3/b34-21-/t35-,39+,42-,45-,50-/m0/s1. The number of aryl methyl sites for hydroxylation is 1. The highest BCUT2D eigenvalue weighted by atomic mass is 35.5. The predicted octanol–water partition coefficient (Wildman–Crippen LogP) is 12.7. The number of hydrogen-bond donors (Lipinski definition) is 0. The van der Waals surface area contributed by atoms with Crippen molar-refractivity contribution < 1.29 is 52.1 Å². The first-order chi connectivity index (χ1) is 32.9. The summed E-state index contributed by atoms with van der Waals surface area (Å²) in [4.78, 5) is 85.3. The molecule has 0 saturated heterocycles. The van der Waals surface area contributed by atoms with Crippen molar-refractivity contribution in [3.8, 4) is 5.75 Å². The number of thiazole rings is 1. The van der Waals surface area contributed by atoms with Crippen LogP contribution in [0.3, 0.4) is 0 Å². The Bertz CT molecular complexity index is 2450. The fraction of sp³-hybridized carbons (Fsp3) is 0.537. The Labute approximate surface area is 423 Å². The molecule has 0 N–H and O–H groups in total. The van der Waals surface area contributed by atoms with E-state index >= 15 is 4.79 Å². The van der Waals surface area contributed by atoms with Gasteiger partial charge < -0.3 is 23.4 Å². The van der Waals surface area contributed by atoms with Gasteiger partial charge in [0.05, 0.1) is 38.7 Å². The summed E-state index contributed by atoms with van der Waals surface area (Å²) in [6, 6.07) is 10.7. The molecule has 0 saturated carbocycles. The van der Waals surface area contributed by atoms with Gasteiger partial charge in [0.25, 0.3) is 11.8 Å². The summed E-state index contributed by atoms with van der Waals surface area (Å²) in [5, 5.41) is 0.836. The van der Waals surface area contributed by atoms with E-state index in [2.05, 4.69) is 53.4 Å². The molecule has 2 aromatic carbocycles. The molecule has 2 aliphatic rings. The van der Waals surface area contributed by atoms with Crippen LogP contribution in [-0.2, 0) is 49.2 Å². The first-order valence-corrected chi connectivity index (χ1v) is 28.4. The van der Waals surface area contributed by atoms with E-state index in [1.807, 2.05) is 32.0 Å². The van der Waals surface area contributed by atoms with E-state index in [1.165, 1.54) is 29.2 Å². The lowest BCUT2D eigenvalue weighted by atomic mass is 9.71. The van der Waals surface area contributed by atoms with E-state index in [9.17, 15) is 24.0 Å². The lowest BCUT2D eigenvalue weighted by Gasteiger charge is -2.45. The van der Waals surface area contributed by atoms with Crippen LogP contribution in [0, 0.1) is 24.2 Å². The number of imide groups is 1. The minimum Gasteiger partial charge on any atom is -0.457 e. The third-order valence-electron chi connectivity index (χ3n) is 13.8. The summed E-state index contributed by atoms with van der Waals surface area (Å²) in [5.74, 6) is -2.89. The molecule has 2 amide bonds. The van der Waals surface area contributed by atoms with Gasteiger partial charge in [-0.25, -0.2) is 9.78 Å². The Morgan fingerprint density at radius 2 is 1.74 bits per heavy atom. The molecule has 0 fully saturated rings. The van der Waals surface area contributed by atoms with Gasteiger partial charge in [-0.15, -0.1) is 17.9 Å². The molecule has 3 heterocycles. The van der Waals surface area contributed by atoms with Gasteiger partial charge in [0.15, 0.2) is 8.32 Å². The molecule has 16 heteroatoms. The van der Waals surface area contributed by atoms with Crippen LogP contribution < -0.4 is 4.74 Å². The maximum atomic E-state index is 15.3. The molecule has 13 nitrogen and oxygen atoms in total. The Morgan fingerprint density at radius 1 is 1.03 bits per heavy atom. The van der Waals surface area contributed by atoms with Crippen molar-refractivity contribution in [1.82, 2.24) is 9.88 Å². The molecule has 70 heavy (non-hydrogen) atoms. The summed E-state index contributed by atoms with van der Waals surface area (Å²) in [7, 11) is -2.61. The number of Topliss-reactive ketones (excluding diaryl/α,β-unsaturated/α-hetero) is 1. The summed E-state index contributed by atoms with van der Waals surface area (Å²) in [6.45, 7) is 24.2. The largest absolute Gasteiger partial charge is 0.508 e. The number of allylic oxidation sites excluding steroid dienone is 2. The van der Waals surface area contributed by atoms with Crippen molar-refractivity contribution in [2.45, 2.75) is 163 Å². The number of carbonyl (C=O) groups is 6. The van der Waals surface area contributed by atoms with Crippen molar-refractivity contribution >= 4 is 77.2 Å². The number of halogens is 1. The van der Waals surface area contributed by atoms with Gasteiger partial charge in [0, 0.05) is 37.0 Å². The fourth-order valence-electron chi connectivity index (χ4n) is 8.47. The summed E-state index contributed by atoms with van der Waals surface area (Å²) >= 11 is 8.12. The van der Waals surface area contributed by atoms with Gasteiger partial charge in [0.1, 0.15) is 30.3 Å². The van der Waals surface area contributed by atoms with Crippen LogP contribution in [0.5, 0.6) is 5.75 Å². The average molecular weight is 1020 g/mol. The second-order valence-electron chi connectivity index (χ2n) is 20.7. The Kier molecular flexibility index (Phi) is 19.5. The first kappa shape index (κ1) is 56.0. The van der Waals surface area contributed by atoms with Crippen molar-refractivity contribution in [3.05, 3.63) is 94.0 Å². The van der Waals surface area contributed by atoms with E-state index in [0.717, 1.165) is 39.2 Å². The molecule has 380 valence electrons. The number of benzene rings is 2. The van der Waals surface area contributed by atoms with Crippen LogP contribution in [0.2, 0.25) is 23.2 Å². The number of hydrogen-bond acceptors (Lipinski definition) is 13. The topological polar surface area (TPSA) is 165 Å². The van der Waals surface area contributed by atoms with Gasteiger partial charge >= 0.3 is 18.1 Å². The third kappa shape index (κ3) is 15.0. The molecule has 3 aromatic rings. The molecule has 0 aliphatic carbocycles. The number of ether oxygens (including phenoxy) is 4. The number of amides is 2. The number of unbranched alkanes of at least 4 members (excludes halogenated alkanes) is 2. The molecular formula is C54H71ClN2O11SSi. The van der Waals surface area contributed by atoms with Crippen LogP contribution in [-0.4, -0.2) is 72.6 Å². The van der Waals surface area contributed by atoms with Crippen LogP contribution >= 0.6 is 22.9 Å². The predicted molar refractivity (Wildman–Crippen MR) is 275 cm³/mol.